The molecule has 1 aromatic carbocycles. The van der Waals surface area contributed by atoms with E-state index in [-0.39, 0.29) is 11.7 Å². The van der Waals surface area contributed by atoms with Crippen LogP contribution in [-0.4, -0.2) is 22.3 Å². The van der Waals surface area contributed by atoms with Crippen LogP contribution in [0.4, 0.5) is 4.39 Å². The summed E-state index contributed by atoms with van der Waals surface area (Å²) in [5, 5.41) is 12.5. The van der Waals surface area contributed by atoms with Gasteiger partial charge in [0.1, 0.15) is 5.82 Å². The van der Waals surface area contributed by atoms with E-state index in [1.807, 2.05) is 6.92 Å². The fraction of sp³-hybridized carbons (Fsp3) is 0.0625. The predicted octanol–water partition coefficient (Wildman–Crippen LogP) is 3.35. The van der Waals surface area contributed by atoms with Gasteiger partial charge in [-0.25, -0.2) is 9.82 Å². The summed E-state index contributed by atoms with van der Waals surface area (Å²) in [6.07, 6.45) is 3.09. The van der Waals surface area contributed by atoms with Crippen LogP contribution >= 0.6 is 11.3 Å². The number of aromatic amines is 1. The summed E-state index contributed by atoms with van der Waals surface area (Å²) >= 11 is 1.51. The van der Waals surface area contributed by atoms with E-state index in [9.17, 15) is 9.18 Å². The molecule has 0 spiro atoms. The monoisotopic (exact) mass is 328 g/mol. The molecule has 0 fully saturated rings. The molecule has 0 aliphatic heterocycles. The number of nitrogens with zero attached hydrogens (tertiary/aromatic N) is 2. The first-order valence-electron chi connectivity index (χ1n) is 6.81. The average Bonchev–Trinajstić information content (AvgIpc) is 3.17. The summed E-state index contributed by atoms with van der Waals surface area (Å²) in [5.74, 6) is -0.570. The van der Waals surface area contributed by atoms with Crippen LogP contribution in [0.1, 0.15) is 20.8 Å². The van der Waals surface area contributed by atoms with Crippen molar-refractivity contribution in [1.29, 1.82) is 0 Å². The van der Waals surface area contributed by atoms with Crippen molar-refractivity contribution in [2.24, 2.45) is 5.10 Å². The predicted molar refractivity (Wildman–Crippen MR) is 88.1 cm³/mol. The third-order valence-electron chi connectivity index (χ3n) is 3.16. The van der Waals surface area contributed by atoms with E-state index in [1.54, 1.807) is 29.8 Å². The smallest absolute Gasteiger partial charge is 0.272 e. The van der Waals surface area contributed by atoms with Crippen molar-refractivity contribution < 1.29 is 9.18 Å². The van der Waals surface area contributed by atoms with Crippen LogP contribution in [0, 0.1) is 12.7 Å². The Hall–Kier alpha value is -2.80. The molecule has 3 aromatic rings. The molecule has 116 valence electrons. The van der Waals surface area contributed by atoms with Crippen molar-refractivity contribution in [3.8, 4) is 11.3 Å². The maximum absolute atomic E-state index is 13.0. The zero-order chi connectivity index (χ0) is 16.2. The third kappa shape index (κ3) is 3.51. The van der Waals surface area contributed by atoms with Crippen LogP contribution in [-0.2, 0) is 0 Å². The van der Waals surface area contributed by atoms with Crippen molar-refractivity contribution >= 4 is 23.5 Å². The Kier molecular flexibility index (Phi) is 4.29. The Morgan fingerprint density at radius 3 is 2.87 bits per heavy atom. The number of hydrogen-bond acceptors (Lipinski definition) is 4. The van der Waals surface area contributed by atoms with Gasteiger partial charge in [0.05, 0.1) is 23.7 Å². The molecule has 0 atom stereocenters. The Labute approximate surface area is 135 Å². The van der Waals surface area contributed by atoms with Crippen LogP contribution in [0.3, 0.4) is 0 Å². The van der Waals surface area contributed by atoms with Crippen LogP contribution in [0.15, 0.2) is 47.0 Å². The lowest BCUT2D eigenvalue weighted by Gasteiger charge is -2.00. The van der Waals surface area contributed by atoms with Gasteiger partial charge >= 0.3 is 0 Å². The Morgan fingerprint density at radius 1 is 1.39 bits per heavy atom. The molecule has 0 saturated carbocycles. The van der Waals surface area contributed by atoms with Gasteiger partial charge in [0, 0.05) is 21.4 Å². The van der Waals surface area contributed by atoms with E-state index in [4.69, 9.17) is 0 Å². The standard InChI is InChI=1S/C16H13FN4OS/c1-10-6-12(9-23-10)16(22)21-19-8-13-7-18-20-15(13)11-2-4-14(17)5-3-11/h2-9H,1H3,(H,18,20)(H,21,22)/b19-8-. The zero-order valence-corrected chi connectivity index (χ0v) is 13.0. The van der Waals surface area contributed by atoms with E-state index < -0.39 is 0 Å². The molecule has 0 bridgehead atoms. The number of H-pyrrole nitrogens is 1. The molecule has 1 amide bonds. The van der Waals surface area contributed by atoms with Crippen LogP contribution in [0.2, 0.25) is 0 Å². The molecule has 0 radical (unpaired) electrons. The molecule has 5 nitrogen and oxygen atoms in total. The Bertz CT molecular complexity index is 851. The van der Waals surface area contributed by atoms with E-state index >= 15 is 0 Å². The molecule has 7 heteroatoms. The highest BCUT2D eigenvalue weighted by Gasteiger charge is 2.08. The van der Waals surface area contributed by atoms with Gasteiger partial charge in [0.2, 0.25) is 0 Å². The molecule has 0 saturated heterocycles. The normalized spacial score (nSPS) is 11.0. The Balaban J connectivity index is 1.72. The molecular formula is C16H13FN4OS. The molecule has 0 unspecified atom stereocenters. The lowest BCUT2D eigenvalue weighted by Crippen LogP contribution is -2.16. The highest BCUT2D eigenvalue weighted by molar-refractivity contribution is 7.10. The second kappa shape index (κ2) is 6.53. The molecule has 3 rings (SSSR count). The van der Waals surface area contributed by atoms with Crippen LogP contribution < -0.4 is 5.43 Å². The molecule has 0 aliphatic rings. The largest absolute Gasteiger partial charge is 0.277 e. The number of hydrogen-bond donors (Lipinski definition) is 2. The second-order valence-electron chi connectivity index (χ2n) is 4.85. The highest BCUT2D eigenvalue weighted by Crippen LogP contribution is 2.20. The minimum Gasteiger partial charge on any atom is -0.277 e. The molecular weight excluding hydrogens is 315 g/mol. The maximum atomic E-state index is 13.0. The number of thiophene rings is 1. The highest BCUT2D eigenvalue weighted by atomic mass is 32.1. The fourth-order valence-corrected chi connectivity index (χ4v) is 2.71. The number of hydrazone groups is 1. The summed E-state index contributed by atoms with van der Waals surface area (Å²) in [7, 11) is 0. The van der Waals surface area contributed by atoms with E-state index in [1.165, 1.54) is 29.7 Å². The lowest BCUT2D eigenvalue weighted by molar-refractivity contribution is 0.0955. The molecule has 2 aromatic heterocycles. The van der Waals surface area contributed by atoms with Crippen molar-refractivity contribution in [2.75, 3.05) is 0 Å². The summed E-state index contributed by atoms with van der Waals surface area (Å²) < 4.78 is 13.0. The van der Waals surface area contributed by atoms with Gasteiger partial charge in [-0.1, -0.05) is 0 Å². The number of amides is 1. The van der Waals surface area contributed by atoms with Crippen molar-refractivity contribution in [2.45, 2.75) is 6.92 Å². The van der Waals surface area contributed by atoms with Crippen molar-refractivity contribution in [3.05, 3.63) is 63.7 Å². The molecule has 2 heterocycles. The Morgan fingerprint density at radius 2 is 2.17 bits per heavy atom. The summed E-state index contributed by atoms with van der Waals surface area (Å²) in [6.45, 7) is 1.94. The first-order valence-corrected chi connectivity index (χ1v) is 7.69. The van der Waals surface area contributed by atoms with Crippen LogP contribution in [0.25, 0.3) is 11.3 Å². The minimum atomic E-state index is -0.304. The summed E-state index contributed by atoms with van der Waals surface area (Å²) in [5.41, 5.74) is 5.23. The number of carbonyl (C=O) groups excluding carboxylic acids is 1. The van der Waals surface area contributed by atoms with Gasteiger partial charge in [0.15, 0.2) is 0 Å². The summed E-state index contributed by atoms with van der Waals surface area (Å²) in [4.78, 5) is 13.0. The molecule has 0 aliphatic carbocycles. The lowest BCUT2D eigenvalue weighted by atomic mass is 10.1. The van der Waals surface area contributed by atoms with E-state index in [0.717, 1.165) is 10.4 Å². The van der Waals surface area contributed by atoms with Gasteiger partial charge < -0.3 is 0 Å². The van der Waals surface area contributed by atoms with Gasteiger partial charge in [-0.2, -0.15) is 10.2 Å². The van der Waals surface area contributed by atoms with Crippen molar-refractivity contribution in [3.63, 3.8) is 0 Å². The average molecular weight is 328 g/mol. The van der Waals surface area contributed by atoms with Gasteiger partial charge in [-0.15, -0.1) is 11.3 Å². The quantitative estimate of drug-likeness (QED) is 0.569. The van der Waals surface area contributed by atoms with Gasteiger partial charge in [-0.3, -0.25) is 9.89 Å². The number of rotatable bonds is 4. The van der Waals surface area contributed by atoms with Crippen LogP contribution in [0.5, 0.6) is 0 Å². The van der Waals surface area contributed by atoms with Gasteiger partial charge in [0.25, 0.3) is 5.91 Å². The maximum Gasteiger partial charge on any atom is 0.272 e. The number of aromatic nitrogens is 2. The first-order chi connectivity index (χ1) is 11.1. The van der Waals surface area contributed by atoms with Gasteiger partial charge in [-0.05, 0) is 37.3 Å². The third-order valence-corrected chi connectivity index (χ3v) is 4.03. The number of halogens is 1. The summed E-state index contributed by atoms with van der Waals surface area (Å²) in [6, 6.07) is 7.84. The topological polar surface area (TPSA) is 70.1 Å². The number of nitrogens with one attached hydrogen (secondary N) is 2. The number of aryl methyl sites for hydroxylation is 1. The minimum absolute atomic E-state index is 0.266. The number of benzene rings is 1. The molecule has 2 N–H and O–H groups in total. The van der Waals surface area contributed by atoms with E-state index in [0.29, 0.717) is 16.8 Å². The van der Waals surface area contributed by atoms with Crippen molar-refractivity contribution in [1.82, 2.24) is 15.6 Å². The van der Waals surface area contributed by atoms with E-state index in [2.05, 4.69) is 20.7 Å². The SMILES string of the molecule is Cc1cc(C(=O)N/N=C\c2cn[nH]c2-c2ccc(F)cc2)cs1. The first kappa shape index (κ1) is 15.1. The molecule has 23 heavy (non-hydrogen) atoms. The second-order valence-corrected chi connectivity index (χ2v) is 5.97. The fourth-order valence-electron chi connectivity index (χ4n) is 2.03. The number of carbonyl (C=O) groups is 1. The zero-order valence-electron chi connectivity index (χ0n) is 12.2.